The molecule has 8 aromatic rings. The maximum atomic E-state index is 6.68. The average Bonchev–Trinajstić information content (AvgIpc) is 3.56. The predicted molar refractivity (Wildman–Crippen MR) is 240 cm³/mol. The molecular formula is C52H52GeIrN2O-2. The first kappa shape index (κ1) is 42.0. The van der Waals surface area contributed by atoms with Gasteiger partial charge in [0.25, 0.3) is 0 Å². The van der Waals surface area contributed by atoms with Crippen LogP contribution in [0.1, 0.15) is 57.2 Å². The first-order chi connectivity index (χ1) is 26.8. The SMILES string of the molecule is CC(C)c1ccc2c(oc3c(-c4cc(CC(C)(C)C)ccn4)[c-]ccc32)c1-c1ccccc1.Cc1cc(-c2[c-]ccc(-c3ccccc3)c2)nc[c]1[Ge]([CH3])([CH3])[CH3].[Ir]. The van der Waals surface area contributed by atoms with E-state index in [0.717, 1.165) is 50.9 Å². The second-order valence-electron chi connectivity index (χ2n) is 17.4. The minimum Gasteiger partial charge on any atom is 0 e. The van der Waals surface area contributed by atoms with Crippen LogP contribution in [0, 0.1) is 24.5 Å². The van der Waals surface area contributed by atoms with Crippen LogP contribution in [-0.4, -0.2) is 23.2 Å². The van der Waals surface area contributed by atoms with Crippen LogP contribution in [0.5, 0.6) is 0 Å². The van der Waals surface area contributed by atoms with Crippen molar-refractivity contribution in [3.8, 4) is 44.8 Å². The molecule has 0 spiro atoms. The Morgan fingerprint density at radius 1 is 0.684 bits per heavy atom. The molecule has 0 aliphatic carbocycles. The van der Waals surface area contributed by atoms with Crippen molar-refractivity contribution < 1.29 is 24.5 Å². The van der Waals surface area contributed by atoms with Crippen LogP contribution in [-0.2, 0) is 26.5 Å². The second kappa shape index (κ2) is 17.5. The van der Waals surface area contributed by atoms with E-state index in [4.69, 9.17) is 14.4 Å². The fourth-order valence-corrected chi connectivity index (χ4v) is 11.2. The molecule has 1 radical (unpaired) electrons. The average molecular weight is 986 g/mol. The van der Waals surface area contributed by atoms with Gasteiger partial charge in [-0.1, -0.05) is 99.7 Å². The van der Waals surface area contributed by atoms with Gasteiger partial charge in [-0.25, -0.2) is 0 Å². The molecule has 5 heteroatoms. The fraction of sp³-hybridized carbons (Fsp3) is 0.231. The van der Waals surface area contributed by atoms with E-state index in [2.05, 4.69) is 180 Å². The van der Waals surface area contributed by atoms with E-state index < -0.39 is 13.3 Å². The summed E-state index contributed by atoms with van der Waals surface area (Å²) in [6.07, 6.45) is 4.99. The van der Waals surface area contributed by atoms with Gasteiger partial charge in [-0.05, 0) is 40.6 Å². The van der Waals surface area contributed by atoms with Crippen molar-refractivity contribution in [2.24, 2.45) is 5.41 Å². The molecule has 0 saturated carbocycles. The third-order valence-corrected chi connectivity index (χ3v) is 14.7. The summed E-state index contributed by atoms with van der Waals surface area (Å²) in [5.41, 5.74) is 14.6. The van der Waals surface area contributed by atoms with Crippen molar-refractivity contribution in [2.75, 3.05) is 0 Å². The molecule has 0 fully saturated rings. The molecule has 5 aromatic carbocycles. The summed E-state index contributed by atoms with van der Waals surface area (Å²) in [5, 5.41) is 2.24. The molecule has 0 bridgehead atoms. The van der Waals surface area contributed by atoms with Crippen LogP contribution in [0.15, 0.2) is 138 Å². The molecule has 3 heterocycles. The quantitative estimate of drug-likeness (QED) is 0.118. The molecule has 0 atom stereocenters. The molecule has 3 nitrogen and oxygen atoms in total. The first-order valence-electron chi connectivity index (χ1n) is 19.7. The number of nitrogens with zero attached hydrogens (tertiary/aromatic N) is 2. The Balaban J connectivity index is 0.000000202. The van der Waals surface area contributed by atoms with E-state index in [9.17, 15) is 0 Å². The van der Waals surface area contributed by atoms with E-state index in [1.165, 1.54) is 43.3 Å². The van der Waals surface area contributed by atoms with Gasteiger partial charge in [0.2, 0.25) is 0 Å². The van der Waals surface area contributed by atoms with Gasteiger partial charge >= 0.3 is 142 Å². The molecule has 0 N–H and O–H groups in total. The minimum absolute atomic E-state index is 0. The molecule has 291 valence electrons. The van der Waals surface area contributed by atoms with Crippen molar-refractivity contribution >= 4 is 39.6 Å². The summed E-state index contributed by atoms with van der Waals surface area (Å²) in [7, 11) is 0. The Labute approximate surface area is 355 Å². The molecular weight excluding hydrogens is 933 g/mol. The van der Waals surface area contributed by atoms with E-state index in [0.29, 0.717) is 5.92 Å². The molecule has 8 rings (SSSR count). The van der Waals surface area contributed by atoms with Gasteiger partial charge in [-0.3, -0.25) is 0 Å². The van der Waals surface area contributed by atoms with Crippen molar-refractivity contribution in [1.82, 2.24) is 9.97 Å². The molecule has 0 unspecified atom stereocenters. The second-order valence-corrected chi connectivity index (χ2v) is 28.0. The van der Waals surface area contributed by atoms with Crippen molar-refractivity contribution in [3.63, 3.8) is 0 Å². The van der Waals surface area contributed by atoms with E-state index in [1.54, 1.807) is 0 Å². The number of furan rings is 1. The summed E-state index contributed by atoms with van der Waals surface area (Å²) >= 11 is -1.85. The number of aromatic nitrogens is 2. The van der Waals surface area contributed by atoms with E-state index in [1.807, 2.05) is 24.4 Å². The standard InChI is InChI=1S/C31H30NO.C21H22GeN.Ir/c1-20(2)23-14-15-25-24-12-9-13-26(27-18-21(16-17-32-27)19-31(3,4)5)29(24)33-30(25)28(23)22-10-7-6-8-11-22;1-16-13-21(23-15-20(16)22(2,3)4)19-12-8-11-18(14-19)17-9-6-5-7-10-17;/h6-12,14-18,20H,19H2,1-5H3;5-11,13-15H,1-4H3;/q2*-1;. The van der Waals surface area contributed by atoms with Gasteiger partial charge in [0.15, 0.2) is 0 Å². The number of fused-ring (bicyclic) bond motifs is 3. The van der Waals surface area contributed by atoms with Gasteiger partial charge in [-0.15, -0.1) is 18.2 Å². The Hall–Kier alpha value is -4.61. The Morgan fingerprint density at radius 2 is 1.35 bits per heavy atom. The summed E-state index contributed by atoms with van der Waals surface area (Å²) in [5.74, 6) is 7.61. The van der Waals surface area contributed by atoms with Gasteiger partial charge < -0.3 is 9.40 Å². The molecule has 57 heavy (non-hydrogen) atoms. The van der Waals surface area contributed by atoms with E-state index in [-0.39, 0.29) is 25.5 Å². The Morgan fingerprint density at radius 3 is 2.00 bits per heavy atom. The molecule has 0 amide bonds. The van der Waals surface area contributed by atoms with Crippen molar-refractivity contribution in [1.29, 1.82) is 0 Å². The Bertz CT molecular complexity index is 2620. The van der Waals surface area contributed by atoms with Gasteiger partial charge in [-0.2, -0.15) is 0 Å². The molecule has 0 saturated heterocycles. The van der Waals surface area contributed by atoms with Gasteiger partial charge in [0, 0.05) is 37.3 Å². The zero-order valence-corrected chi connectivity index (χ0v) is 39.1. The largest absolute Gasteiger partial charge is 0 e. The van der Waals surface area contributed by atoms with E-state index >= 15 is 0 Å². The molecule has 0 aliphatic heterocycles. The summed E-state index contributed by atoms with van der Waals surface area (Å²) in [4.78, 5) is 9.42. The molecule has 3 aromatic heterocycles. The number of pyridine rings is 2. The van der Waals surface area contributed by atoms with Crippen LogP contribution in [0.4, 0.5) is 0 Å². The van der Waals surface area contributed by atoms with Gasteiger partial charge in [0.1, 0.15) is 5.58 Å². The normalized spacial score (nSPS) is 11.7. The van der Waals surface area contributed by atoms with Crippen molar-refractivity contribution in [2.45, 2.75) is 71.1 Å². The topological polar surface area (TPSA) is 38.9 Å². The zero-order chi connectivity index (χ0) is 39.6. The third-order valence-electron chi connectivity index (χ3n) is 10.2. The summed E-state index contributed by atoms with van der Waals surface area (Å²) in [6.45, 7) is 13.5. The number of benzene rings is 5. The summed E-state index contributed by atoms with van der Waals surface area (Å²) in [6, 6.07) is 49.1. The predicted octanol–water partition coefficient (Wildman–Crippen LogP) is 13.9. The van der Waals surface area contributed by atoms with Crippen LogP contribution in [0.3, 0.4) is 0 Å². The maximum absolute atomic E-state index is 6.68. The number of hydrogen-bond acceptors (Lipinski definition) is 3. The number of aryl methyl sites for hydroxylation is 1. The number of hydrogen-bond donors (Lipinski definition) is 0. The zero-order valence-electron chi connectivity index (χ0n) is 34.6. The molecule has 0 aliphatic rings. The van der Waals surface area contributed by atoms with Crippen molar-refractivity contribution in [3.05, 3.63) is 163 Å². The minimum atomic E-state index is -1.85. The van der Waals surface area contributed by atoms with Crippen LogP contribution in [0.25, 0.3) is 66.7 Å². The van der Waals surface area contributed by atoms with Crippen LogP contribution in [0.2, 0.25) is 17.3 Å². The number of rotatable bonds is 7. The first-order valence-corrected chi connectivity index (χ1v) is 27.1. The van der Waals surface area contributed by atoms with Crippen LogP contribution >= 0.6 is 0 Å². The Kier molecular flexibility index (Phi) is 12.9. The maximum Gasteiger partial charge on any atom is 0 e. The third kappa shape index (κ3) is 9.58. The monoisotopic (exact) mass is 987 g/mol. The van der Waals surface area contributed by atoms with Crippen LogP contribution < -0.4 is 4.40 Å². The smallest absolute Gasteiger partial charge is 0 e. The van der Waals surface area contributed by atoms with Gasteiger partial charge in [0.05, 0.1) is 5.58 Å². The fourth-order valence-electron chi connectivity index (χ4n) is 7.64. The summed E-state index contributed by atoms with van der Waals surface area (Å²) < 4.78 is 8.16.